The van der Waals surface area contributed by atoms with Crippen LogP contribution < -0.4 is 10.6 Å². The summed E-state index contributed by atoms with van der Waals surface area (Å²) in [6, 6.07) is 6.01. The Hall–Kier alpha value is -2.41. The van der Waals surface area contributed by atoms with Crippen molar-refractivity contribution in [1.29, 1.82) is 0 Å². The van der Waals surface area contributed by atoms with Gasteiger partial charge in [0, 0.05) is 37.3 Å². The molecule has 0 unspecified atom stereocenters. The highest BCUT2D eigenvalue weighted by Crippen LogP contribution is 2.15. The number of imidazole rings is 1. The van der Waals surface area contributed by atoms with E-state index >= 15 is 0 Å². The highest BCUT2D eigenvalue weighted by Gasteiger charge is 2.05. The number of aliphatic imine (C=N–C) groups is 1. The van der Waals surface area contributed by atoms with Crippen LogP contribution in [0.1, 0.15) is 21.3 Å². The molecule has 24 heavy (non-hydrogen) atoms. The second-order valence-electron chi connectivity index (χ2n) is 5.55. The highest BCUT2D eigenvalue weighted by atomic mass is 32.1. The molecule has 0 aromatic carbocycles. The molecule has 3 rings (SSSR count). The van der Waals surface area contributed by atoms with E-state index in [-0.39, 0.29) is 0 Å². The number of hydrogen-bond donors (Lipinski definition) is 2. The van der Waals surface area contributed by atoms with Crippen LogP contribution >= 0.6 is 11.3 Å². The molecule has 3 heterocycles. The minimum absolute atomic E-state index is 0.688. The van der Waals surface area contributed by atoms with Crippen LogP contribution in [0.4, 0.5) is 0 Å². The fourth-order valence-electron chi connectivity index (χ4n) is 2.41. The number of pyridine rings is 1. The van der Waals surface area contributed by atoms with Crippen LogP contribution in [-0.4, -0.2) is 33.9 Å². The van der Waals surface area contributed by atoms with Crippen LogP contribution in [0.25, 0.3) is 5.65 Å². The maximum atomic E-state index is 4.60. The molecule has 126 valence electrons. The summed E-state index contributed by atoms with van der Waals surface area (Å²) in [5, 5.41) is 7.70. The molecule has 0 atom stereocenters. The van der Waals surface area contributed by atoms with E-state index in [1.807, 2.05) is 35.7 Å². The number of fused-ring (bicyclic) bond motifs is 1. The Morgan fingerprint density at radius 2 is 2.12 bits per heavy atom. The summed E-state index contributed by atoms with van der Waals surface area (Å²) in [5.74, 6) is 0.782. The molecule has 3 aromatic heterocycles. The molecule has 0 bridgehead atoms. The zero-order valence-electron chi connectivity index (χ0n) is 14.2. The first kappa shape index (κ1) is 16.4. The Bertz CT molecular complexity index is 795. The van der Waals surface area contributed by atoms with Crippen LogP contribution in [0.15, 0.2) is 35.6 Å². The molecule has 0 fully saturated rings. The zero-order valence-corrected chi connectivity index (χ0v) is 15.0. The molecule has 0 spiro atoms. The van der Waals surface area contributed by atoms with Crippen molar-refractivity contribution in [2.45, 2.75) is 26.8 Å². The molecule has 0 aliphatic rings. The predicted octanol–water partition coefficient (Wildman–Crippen LogP) is 2.32. The van der Waals surface area contributed by atoms with Crippen LogP contribution in [0.3, 0.4) is 0 Å². The van der Waals surface area contributed by atoms with E-state index in [0.717, 1.165) is 41.0 Å². The summed E-state index contributed by atoms with van der Waals surface area (Å²) in [6.45, 7) is 5.60. The van der Waals surface area contributed by atoms with Gasteiger partial charge in [-0.1, -0.05) is 6.07 Å². The van der Waals surface area contributed by atoms with Gasteiger partial charge in [0.1, 0.15) is 10.7 Å². The predicted molar refractivity (Wildman–Crippen MR) is 98.7 cm³/mol. The van der Waals surface area contributed by atoms with Gasteiger partial charge in [0.25, 0.3) is 0 Å². The van der Waals surface area contributed by atoms with Gasteiger partial charge < -0.3 is 15.0 Å². The molecule has 0 amide bonds. The average molecular weight is 342 g/mol. The lowest BCUT2D eigenvalue weighted by atomic mass is 10.3. The molecule has 3 aromatic rings. The van der Waals surface area contributed by atoms with Crippen molar-refractivity contribution >= 4 is 22.9 Å². The van der Waals surface area contributed by atoms with Gasteiger partial charge in [-0.25, -0.2) is 9.97 Å². The van der Waals surface area contributed by atoms with Gasteiger partial charge in [-0.2, -0.15) is 0 Å². The second kappa shape index (κ2) is 7.44. The SMILES string of the molecule is CN=C(NCCc1cn2ccccc2n1)NCc1nc(C)c(C)s1. The third-order valence-corrected chi connectivity index (χ3v) is 4.86. The van der Waals surface area contributed by atoms with E-state index in [2.05, 4.69) is 38.7 Å². The third kappa shape index (κ3) is 3.91. The normalized spacial score (nSPS) is 11.9. The Labute approximate surface area is 145 Å². The number of nitrogens with one attached hydrogen (secondary N) is 2. The first-order valence-electron chi connectivity index (χ1n) is 7.96. The standard InChI is InChI=1S/C17H22N6S/c1-12-13(2)24-16(21-12)10-20-17(18-3)19-8-7-14-11-23-9-5-4-6-15(23)22-14/h4-6,9,11H,7-8,10H2,1-3H3,(H2,18,19,20). The van der Waals surface area contributed by atoms with E-state index < -0.39 is 0 Å². The Morgan fingerprint density at radius 3 is 2.83 bits per heavy atom. The van der Waals surface area contributed by atoms with Gasteiger partial charge in [0.05, 0.1) is 17.9 Å². The minimum Gasteiger partial charge on any atom is -0.356 e. The lowest BCUT2D eigenvalue weighted by Gasteiger charge is -2.10. The highest BCUT2D eigenvalue weighted by molar-refractivity contribution is 7.11. The van der Waals surface area contributed by atoms with Crippen LogP contribution in [0.2, 0.25) is 0 Å². The maximum Gasteiger partial charge on any atom is 0.191 e. The fourth-order valence-corrected chi connectivity index (χ4v) is 3.29. The van der Waals surface area contributed by atoms with Gasteiger partial charge in [-0.15, -0.1) is 11.3 Å². The zero-order chi connectivity index (χ0) is 16.9. The van der Waals surface area contributed by atoms with Crippen LogP contribution in [-0.2, 0) is 13.0 Å². The Balaban J connectivity index is 1.49. The lowest BCUT2D eigenvalue weighted by Crippen LogP contribution is -2.37. The molecule has 0 saturated heterocycles. The van der Waals surface area contributed by atoms with E-state index in [1.54, 1.807) is 18.4 Å². The quantitative estimate of drug-likeness (QED) is 0.552. The first-order valence-corrected chi connectivity index (χ1v) is 8.77. The van der Waals surface area contributed by atoms with Crippen LogP contribution in [0.5, 0.6) is 0 Å². The molecule has 0 aliphatic heterocycles. The second-order valence-corrected chi connectivity index (χ2v) is 6.84. The van der Waals surface area contributed by atoms with Crippen molar-refractivity contribution in [3.8, 4) is 0 Å². The van der Waals surface area contributed by atoms with Crippen LogP contribution in [0, 0.1) is 13.8 Å². The summed E-state index contributed by atoms with van der Waals surface area (Å²) < 4.78 is 2.04. The smallest absolute Gasteiger partial charge is 0.191 e. The number of nitrogens with zero attached hydrogens (tertiary/aromatic N) is 4. The first-order chi connectivity index (χ1) is 11.7. The van der Waals surface area contributed by atoms with Crippen molar-refractivity contribution in [3.05, 3.63) is 51.9 Å². The molecular formula is C17H22N6S. The average Bonchev–Trinajstić information content (AvgIpc) is 3.13. The number of aryl methyl sites for hydroxylation is 2. The lowest BCUT2D eigenvalue weighted by molar-refractivity contribution is 0.783. The molecule has 0 saturated carbocycles. The van der Waals surface area contributed by atoms with E-state index in [0.29, 0.717) is 6.54 Å². The van der Waals surface area contributed by atoms with E-state index in [4.69, 9.17) is 0 Å². The van der Waals surface area contributed by atoms with Gasteiger partial charge in [-0.05, 0) is 26.0 Å². The van der Waals surface area contributed by atoms with Crippen molar-refractivity contribution < 1.29 is 0 Å². The fraction of sp³-hybridized carbons (Fsp3) is 0.353. The number of guanidine groups is 1. The van der Waals surface area contributed by atoms with E-state index in [1.165, 1.54) is 4.88 Å². The summed E-state index contributed by atoms with van der Waals surface area (Å²) in [6.07, 6.45) is 4.92. The topological polar surface area (TPSA) is 66.6 Å². The number of rotatable bonds is 5. The maximum absolute atomic E-state index is 4.60. The number of thiazole rings is 1. The van der Waals surface area contributed by atoms with Crippen molar-refractivity contribution in [2.75, 3.05) is 13.6 Å². The van der Waals surface area contributed by atoms with Gasteiger partial charge in [0.2, 0.25) is 0 Å². The van der Waals surface area contributed by atoms with Crippen molar-refractivity contribution in [1.82, 2.24) is 25.0 Å². The monoisotopic (exact) mass is 342 g/mol. The van der Waals surface area contributed by atoms with Gasteiger partial charge in [0.15, 0.2) is 5.96 Å². The van der Waals surface area contributed by atoms with E-state index in [9.17, 15) is 0 Å². The van der Waals surface area contributed by atoms with Gasteiger partial charge >= 0.3 is 0 Å². The summed E-state index contributed by atoms with van der Waals surface area (Å²) in [7, 11) is 1.78. The molecule has 6 nitrogen and oxygen atoms in total. The molecule has 7 heteroatoms. The summed E-state index contributed by atoms with van der Waals surface area (Å²) in [4.78, 5) is 14.6. The molecular weight excluding hydrogens is 320 g/mol. The Morgan fingerprint density at radius 1 is 1.25 bits per heavy atom. The largest absolute Gasteiger partial charge is 0.356 e. The molecule has 2 N–H and O–H groups in total. The summed E-state index contributed by atoms with van der Waals surface area (Å²) in [5.41, 5.74) is 3.14. The third-order valence-electron chi connectivity index (χ3n) is 3.79. The van der Waals surface area contributed by atoms with Crippen molar-refractivity contribution in [2.24, 2.45) is 4.99 Å². The molecule has 0 radical (unpaired) electrons. The van der Waals surface area contributed by atoms with Crippen molar-refractivity contribution in [3.63, 3.8) is 0 Å². The number of hydrogen-bond acceptors (Lipinski definition) is 4. The van der Waals surface area contributed by atoms with Gasteiger partial charge in [-0.3, -0.25) is 4.99 Å². The molecule has 0 aliphatic carbocycles. The Kier molecular flexibility index (Phi) is 5.10. The summed E-state index contributed by atoms with van der Waals surface area (Å²) >= 11 is 1.72. The minimum atomic E-state index is 0.688. The number of aromatic nitrogens is 3.